The molecule has 0 heterocycles. The lowest BCUT2D eigenvalue weighted by Gasteiger charge is -2.33. The van der Waals surface area contributed by atoms with E-state index in [1.54, 1.807) is 6.08 Å². The van der Waals surface area contributed by atoms with Crippen LogP contribution in [0.5, 0.6) is 0 Å². The SMILES string of the molecule is C=CCOC(C)(C)C1CC(C(=O)OC)(C(=O)OC)CC1=C. The summed E-state index contributed by atoms with van der Waals surface area (Å²) in [6.45, 7) is 11.9. The zero-order valence-electron chi connectivity index (χ0n) is 13.2. The van der Waals surface area contributed by atoms with Gasteiger partial charge in [0.05, 0.1) is 26.4 Å². The zero-order valence-corrected chi connectivity index (χ0v) is 13.2. The molecule has 1 aliphatic rings. The second-order valence-corrected chi connectivity index (χ2v) is 5.86. The highest BCUT2D eigenvalue weighted by Gasteiger charge is 2.57. The highest BCUT2D eigenvalue weighted by Crippen LogP contribution is 2.51. The number of carbonyl (C=O) groups excluding carboxylic acids is 2. The summed E-state index contributed by atoms with van der Waals surface area (Å²) in [5.41, 5.74) is -1.09. The maximum atomic E-state index is 12.1. The van der Waals surface area contributed by atoms with E-state index < -0.39 is 23.0 Å². The van der Waals surface area contributed by atoms with Crippen molar-refractivity contribution in [2.45, 2.75) is 32.3 Å². The van der Waals surface area contributed by atoms with Gasteiger partial charge in [-0.25, -0.2) is 0 Å². The third-order valence-corrected chi connectivity index (χ3v) is 4.14. The molecule has 0 aliphatic heterocycles. The van der Waals surface area contributed by atoms with E-state index in [0.29, 0.717) is 6.61 Å². The molecular formula is C16H24O5. The standard InChI is InChI=1S/C16H24O5/c1-7-8-21-15(3,4)12-10-16(9-11(12)2,13(17)19-5)14(18)20-6/h7,12H,1-2,8-10H2,3-6H3. The second-order valence-electron chi connectivity index (χ2n) is 5.86. The zero-order chi connectivity index (χ0) is 16.3. The lowest BCUT2D eigenvalue weighted by Crippen LogP contribution is -2.41. The van der Waals surface area contributed by atoms with E-state index in [4.69, 9.17) is 14.2 Å². The molecule has 1 unspecified atom stereocenters. The summed E-state index contributed by atoms with van der Waals surface area (Å²) in [5, 5.41) is 0. The molecule has 5 nitrogen and oxygen atoms in total. The molecule has 0 spiro atoms. The van der Waals surface area contributed by atoms with Gasteiger partial charge in [-0.3, -0.25) is 9.59 Å². The molecule has 5 heteroatoms. The van der Waals surface area contributed by atoms with Crippen molar-refractivity contribution in [3.05, 3.63) is 24.8 Å². The average Bonchev–Trinajstić information content (AvgIpc) is 2.83. The molecular weight excluding hydrogens is 272 g/mol. The molecule has 1 fully saturated rings. The molecule has 1 atom stereocenters. The van der Waals surface area contributed by atoms with Gasteiger partial charge in [-0.1, -0.05) is 18.2 Å². The van der Waals surface area contributed by atoms with E-state index in [2.05, 4.69) is 13.2 Å². The molecule has 1 aliphatic carbocycles. The van der Waals surface area contributed by atoms with E-state index in [1.807, 2.05) is 13.8 Å². The van der Waals surface area contributed by atoms with Crippen molar-refractivity contribution in [3.8, 4) is 0 Å². The van der Waals surface area contributed by atoms with Crippen molar-refractivity contribution in [3.63, 3.8) is 0 Å². The molecule has 21 heavy (non-hydrogen) atoms. The van der Waals surface area contributed by atoms with Crippen LogP contribution in [0.3, 0.4) is 0 Å². The smallest absolute Gasteiger partial charge is 0.323 e. The minimum atomic E-state index is -1.32. The van der Waals surface area contributed by atoms with Gasteiger partial charge in [-0.15, -0.1) is 6.58 Å². The number of carbonyl (C=O) groups is 2. The highest BCUT2D eigenvalue weighted by atomic mass is 16.5. The van der Waals surface area contributed by atoms with Gasteiger partial charge in [0.1, 0.15) is 0 Å². The van der Waals surface area contributed by atoms with E-state index in [1.165, 1.54) is 14.2 Å². The lowest BCUT2D eigenvalue weighted by molar-refractivity contribution is -0.169. The summed E-state index contributed by atoms with van der Waals surface area (Å²) in [5.74, 6) is -1.31. The van der Waals surface area contributed by atoms with Crippen LogP contribution in [-0.4, -0.2) is 38.4 Å². The van der Waals surface area contributed by atoms with Crippen LogP contribution in [0, 0.1) is 11.3 Å². The molecule has 0 radical (unpaired) electrons. The first-order valence-corrected chi connectivity index (χ1v) is 6.84. The minimum Gasteiger partial charge on any atom is -0.468 e. The summed E-state index contributed by atoms with van der Waals surface area (Å²) in [6.07, 6.45) is 2.15. The van der Waals surface area contributed by atoms with Crippen LogP contribution in [0.25, 0.3) is 0 Å². The van der Waals surface area contributed by atoms with E-state index in [-0.39, 0.29) is 18.8 Å². The summed E-state index contributed by atoms with van der Waals surface area (Å²) < 4.78 is 15.4. The second kappa shape index (κ2) is 6.43. The van der Waals surface area contributed by atoms with Crippen molar-refractivity contribution in [1.82, 2.24) is 0 Å². The predicted molar refractivity (Wildman–Crippen MR) is 78.6 cm³/mol. The van der Waals surface area contributed by atoms with E-state index in [0.717, 1.165) is 5.57 Å². The number of methoxy groups -OCH3 is 2. The molecule has 1 rings (SSSR count). The fraction of sp³-hybridized carbons (Fsp3) is 0.625. The first-order chi connectivity index (χ1) is 9.75. The topological polar surface area (TPSA) is 61.8 Å². The summed E-state index contributed by atoms with van der Waals surface area (Å²) in [4.78, 5) is 24.3. The molecule has 118 valence electrons. The molecule has 0 amide bonds. The monoisotopic (exact) mass is 296 g/mol. The third-order valence-electron chi connectivity index (χ3n) is 4.14. The summed E-state index contributed by atoms with van der Waals surface area (Å²) >= 11 is 0. The van der Waals surface area contributed by atoms with Gasteiger partial charge in [0, 0.05) is 5.92 Å². The maximum absolute atomic E-state index is 12.1. The average molecular weight is 296 g/mol. The summed E-state index contributed by atoms with van der Waals surface area (Å²) in [6, 6.07) is 0. The van der Waals surface area contributed by atoms with Gasteiger partial charge in [0.15, 0.2) is 5.41 Å². The Balaban J connectivity index is 3.09. The van der Waals surface area contributed by atoms with Crippen molar-refractivity contribution in [1.29, 1.82) is 0 Å². The number of hydrogen-bond acceptors (Lipinski definition) is 5. The first-order valence-electron chi connectivity index (χ1n) is 6.84. The Kier molecular flexibility index (Phi) is 5.34. The molecule has 0 aromatic rings. The van der Waals surface area contributed by atoms with Crippen LogP contribution < -0.4 is 0 Å². The predicted octanol–water partition coefficient (Wildman–Crippen LogP) is 2.27. The Bertz CT molecular complexity index is 434. The molecule has 0 aromatic heterocycles. The lowest BCUT2D eigenvalue weighted by atomic mass is 9.81. The van der Waals surface area contributed by atoms with Crippen LogP contribution in [0.4, 0.5) is 0 Å². The minimum absolute atomic E-state index is 0.143. The van der Waals surface area contributed by atoms with E-state index in [9.17, 15) is 9.59 Å². The quantitative estimate of drug-likeness (QED) is 0.427. The van der Waals surface area contributed by atoms with Gasteiger partial charge in [0.2, 0.25) is 0 Å². The normalized spacial score (nSPS) is 21.0. The third kappa shape index (κ3) is 3.18. The Morgan fingerprint density at radius 3 is 2.29 bits per heavy atom. The highest BCUT2D eigenvalue weighted by molar-refractivity contribution is 6.01. The van der Waals surface area contributed by atoms with Gasteiger partial charge in [-0.05, 0) is 26.7 Å². The Morgan fingerprint density at radius 2 is 1.86 bits per heavy atom. The Hall–Kier alpha value is -1.62. The molecule has 0 N–H and O–H groups in total. The first kappa shape index (κ1) is 17.4. The van der Waals surface area contributed by atoms with E-state index >= 15 is 0 Å². The largest absolute Gasteiger partial charge is 0.468 e. The molecule has 1 saturated carbocycles. The number of ether oxygens (including phenoxy) is 3. The molecule has 0 saturated heterocycles. The van der Waals surface area contributed by atoms with Crippen LogP contribution in [0.1, 0.15) is 26.7 Å². The summed E-state index contributed by atoms with van der Waals surface area (Å²) in [7, 11) is 2.53. The molecule has 0 bridgehead atoms. The Labute approximate surface area is 125 Å². The molecule has 0 aromatic carbocycles. The van der Waals surface area contributed by atoms with Gasteiger partial charge >= 0.3 is 11.9 Å². The van der Waals surface area contributed by atoms with Gasteiger partial charge < -0.3 is 14.2 Å². The van der Waals surface area contributed by atoms with Crippen LogP contribution in [0.15, 0.2) is 24.8 Å². The van der Waals surface area contributed by atoms with Gasteiger partial charge in [-0.2, -0.15) is 0 Å². The number of rotatable bonds is 6. The number of hydrogen-bond donors (Lipinski definition) is 0. The van der Waals surface area contributed by atoms with Crippen LogP contribution >= 0.6 is 0 Å². The Morgan fingerprint density at radius 1 is 1.33 bits per heavy atom. The fourth-order valence-corrected chi connectivity index (χ4v) is 2.97. The van der Waals surface area contributed by atoms with Crippen molar-refractivity contribution >= 4 is 11.9 Å². The van der Waals surface area contributed by atoms with Gasteiger partial charge in [0.25, 0.3) is 0 Å². The van der Waals surface area contributed by atoms with Crippen molar-refractivity contribution < 1.29 is 23.8 Å². The van der Waals surface area contributed by atoms with Crippen LogP contribution in [0.2, 0.25) is 0 Å². The maximum Gasteiger partial charge on any atom is 0.323 e. The number of esters is 2. The van der Waals surface area contributed by atoms with Crippen molar-refractivity contribution in [2.75, 3.05) is 20.8 Å². The van der Waals surface area contributed by atoms with Crippen molar-refractivity contribution in [2.24, 2.45) is 11.3 Å². The fourth-order valence-electron chi connectivity index (χ4n) is 2.97. The van der Waals surface area contributed by atoms with Crippen LogP contribution in [-0.2, 0) is 23.8 Å².